The molecule has 0 spiro atoms. The second kappa shape index (κ2) is 3.07. The monoisotopic (exact) mass is 240 g/mol. The summed E-state index contributed by atoms with van der Waals surface area (Å²) in [5, 5.41) is 9.31. The first-order chi connectivity index (χ1) is 5.80. The van der Waals surface area contributed by atoms with Crippen molar-refractivity contribution in [1.82, 2.24) is 0 Å². The van der Waals surface area contributed by atoms with Gasteiger partial charge in [0.15, 0.2) is 0 Å². The van der Waals surface area contributed by atoms with E-state index in [1.54, 1.807) is 0 Å². The van der Waals surface area contributed by atoms with Crippen molar-refractivity contribution in [1.29, 1.82) is 0 Å². The summed E-state index contributed by atoms with van der Waals surface area (Å²) >= 11 is 15.4. The Morgan fingerprint density at radius 2 is 2.08 bits per heavy atom. The van der Waals surface area contributed by atoms with Gasteiger partial charge in [-0.15, -0.1) is 0 Å². The zero-order valence-corrected chi connectivity index (χ0v) is 9.62. The lowest BCUT2D eigenvalue weighted by molar-refractivity contribution is -0.138. The van der Waals surface area contributed by atoms with Crippen molar-refractivity contribution in [3.63, 3.8) is 0 Å². The molecular weight excluding hydrogens is 231 g/mol. The number of carboxylic acid groups (broad SMARTS) is 1. The van der Waals surface area contributed by atoms with Gasteiger partial charge in [0, 0.05) is 21.9 Å². The number of thiol groups is 1. The minimum Gasteiger partial charge on any atom is -0.480 e. The van der Waals surface area contributed by atoms with Crippen molar-refractivity contribution in [3.8, 4) is 0 Å². The molecule has 1 aliphatic carbocycles. The van der Waals surface area contributed by atoms with Crippen LogP contribution < -0.4 is 0 Å². The van der Waals surface area contributed by atoms with Crippen LogP contribution in [0, 0.1) is 11.3 Å². The van der Waals surface area contributed by atoms with Gasteiger partial charge in [-0.05, 0) is 0 Å². The quantitative estimate of drug-likeness (QED) is 0.729. The molecule has 2 nitrogen and oxygen atoms in total. The highest BCUT2D eigenvalue weighted by atomic mass is 35.5. The molecule has 0 aliphatic heterocycles. The number of carboxylic acids is 1. The highest BCUT2D eigenvalue weighted by Crippen LogP contribution is 2.69. The van der Waals surface area contributed by atoms with E-state index in [-0.39, 0.29) is 5.92 Å². The molecule has 0 aromatic carbocycles. The smallest absolute Gasteiger partial charge is 0.320 e. The van der Waals surface area contributed by atoms with Crippen molar-refractivity contribution in [3.05, 3.63) is 10.6 Å². The molecule has 0 aromatic rings. The molecule has 0 amide bonds. The van der Waals surface area contributed by atoms with E-state index >= 15 is 0 Å². The molecule has 1 aliphatic rings. The molecule has 0 aromatic heterocycles. The second-order valence-electron chi connectivity index (χ2n) is 3.72. The summed E-state index contributed by atoms with van der Waals surface area (Å²) in [4.78, 5) is 10.9. The fourth-order valence-electron chi connectivity index (χ4n) is 1.75. The van der Waals surface area contributed by atoms with Crippen LogP contribution in [0.15, 0.2) is 10.6 Å². The van der Waals surface area contributed by atoms with Crippen LogP contribution in [0.2, 0.25) is 0 Å². The van der Waals surface area contributed by atoms with Gasteiger partial charge in [0.25, 0.3) is 0 Å². The normalized spacial score (nSPS) is 37.3. The molecule has 0 bridgehead atoms. The maximum Gasteiger partial charge on any atom is 0.320 e. The Hall–Kier alpha value is 0.140. The van der Waals surface area contributed by atoms with Gasteiger partial charge >= 0.3 is 5.97 Å². The third-order valence-corrected chi connectivity index (χ3v) is 4.44. The van der Waals surface area contributed by atoms with Gasteiger partial charge in [-0.2, -0.15) is 12.6 Å². The molecular formula is C8H10Cl2O2S. The Labute approximate surface area is 92.3 Å². The summed E-state index contributed by atoms with van der Waals surface area (Å²) < 4.78 is -1.09. The number of rotatable bonds is 2. The molecule has 1 N–H and O–H groups in total. The second-order valence-corrected chi connectivity index (χ2v) is 5.08. The van der Waals surface area contributed by atoms with Crippen LogP contribution in [0.3, 0.4) is 0 Å². The highest BCUT2D eigenvalue weighted by Gasteiger charge is 2.75. The third kappa shape index (κ3) is 1.29. The SMILES string of the molecule is CC1(C)C(/C(Cl)=C/Cl)C1(S)C(=O)O. The lowest BCUT2D eigenvalue weighted by atomic mass is 10.1. The number of hydrogen-bond acceptors (Lipinski definition) is 2. The first-order valence-corrected chi connectivity index (χ1v) is 4.97. The van der Waals surface area contributed by atoms with Crippen LogP contribution in [0.5, 0.6) is 0 Å². The average Bonchev–Trinajstić information content (AvgIpc) is 2.47. The molecule has 1 rings (SSSR count). The summed E-state index contributed by atoms with van der Waals surface area (Å²) in [7, 11) is 0. The highest BCUT2D eigenvalue weighted by molar-refractivity contribution is 7.83. The maximum atomic E-state index is 10.9. The zero-order valence-electron chi connectivity index (χ0n) is 7.21. The minimum absolute atomic E-state index is 0.306. The first-order valence-electron chi connectivity index (χ1n) is 3.71. The predicted molar refractivity (Wildman–Crippen MR) is 56.4 cm³/mol. The average molecular weight is 241 g/mol. The Morgan fingerprint density at radius 1 is 1.62 bits per heavy atom. The summed E-state index contributed by atoms with van der Waals surface area (Å²) in [6, 6.07) is 0. The maximum absolute atomic E-state index is 10.9. The summed E-state index contributed by atoms with van der Waals surface area (Å²) in [5.74, 6) is -1.26. The molecule has 2 atom stereocenters. The molecule has 1 saturated carbocycles. The Morgan fingerprint density at radius 3 is 2.31 bits per heavy atom. The molecule has 0 radical (unpaired) electrons. The molecule has 0 heterocycles. The Kier molecular flexibility index (Phi) is 2.65. The van der Waals surface area contributed by atoms with Gasteiger partial charge in [-0.3, -0.25) is 4.79 Å². The van der Waals surface area contributed by atoms with E-state index in [4.69, 9.17) is 28.3 Å². The fourth-order valence-corrected chi connectivity index (χ4v) is 2.91. The number of allylic oxidation sites excluding steroid dienone is 1. The number of aliphatic carboxylic acids is 1. The van der Waals surface area contributed by atoms with Gasteiger partial charge < -0.3 is 5.11 Å². The van der Waals surface area contributed by atoms with E-state index in [1.165, 1.54) is 5.54 Å². The van der Waals surface area contributed by atoms with E-state index in [9.17, 15) is 4.79 Å². The van der Waals surface area contributed by atoms with Crippen LogP contribution in [0.1, 0.15) is 13.8 Å². The summed E-state index contributed by atoms with van der Waals surface area (Å²) in [5.41, 5.74) is 0.749. The standard InChI is InChI=1S/C8H10Cl2O2S/c1-7(2)5(4(10)3-9)8(7,13)6(11)12/h3,5,13H,1-2H3,(H,11,12)/b4-3-. The van der Waals surface area contributed by atoms with Crippen molar-refractivity contribution in [2.45, 2.75) is 18.6 Å². The van der Waals surface area contributed by atoms with E-state index < -0.39 is 16.1 Å². The van der Waals surface area contributed by atoms with E-state index in [1.807, 2.05) is 13.8 Å². The van der Waals surface area contributed by atoms with Crippen molar-refractivity contribution >= 4 is 41.8 Å². The van der Waals surface area contributed by atoms with Crippen LogP contribution in [0.4, 0.5) is 0 Å². The Bertz CT molecular complexity index is 288. The molecule has 2 unspecified atom stereocenters. The first kappa shape index (κ1) is 11.2. The molecule has 74 valence electrons. The van der Waals surface area contributed by atoms with Gasteiger partial charge in [-0.1, -0.05) is 37.0 Å². The number of halogens is 2. The van der Waals surface area contributed by atoms with Gasteiger partial charge in [0.2, 0.25) is 0 Å². The van der Waals surface area contributed by atoms with Gasteiger partial charge in [0.1, 0.15) is 4.75 Å². The fraction of sp³-hybridized carbons (Fsp3) is 0.625. The third-order valence-electron chi connectivity index (χ3n) is 2.74. The van der Waals surface area contributed by atoms with Crippen LogP contribution in [0.25, 0.3) is 0 Å². The number of carbonyl (C=O) groups is 1. The lowest BCUT2D eigenvalue weighted by Gasteiger charge is -2.05. The number of hydrogen-bond donors (Lipinski definition) is 2. The van der Waals surface area contributed by atoms with Crippen molar-refractivity contribution < 1.29 is 9.90 Å². The van der Waals surface area contributed by atoms with Crippen molar-refractivity contribution in [2.24, 2.45) is 11.3 Å². The van der Waals surface area contributed by atoms with Crippen LogP contribution >= 0.6 is 35.8 Å². The molecule has 1 fully saturated rings. The zero-order chi connectivity index (χ0) is 10.4. The van der Waals surface area contributed by atoms with E-state index in [0.717, 1.165) is 0 Å². The summed E-state index contributed by atoms with van der Waals surface area (Å²) in [6.07, 6.45) is 0. The molecule has 5 heteroatoms. The minimum atomic E-state index is -1.09. The predicted octanol–water partition coefficient (Wildman–Crippen LogP) is 2.71. The summed E-state index contributed by atoms with van der Waals surface area (Å²) in [6.45, 7) is 3.61. The van der Waals surface area contributed by atoms with Crippen LogP contribution in [-0.2, 0) is 4.79 Å². The van der Waals surface area contributed by atoms with Gasteiger partial charge in [-0.25, -0.2) is 0 Å². The van der Waals surface area contributed by atoms with E-state index in [2.05, 4.69) is 12.6 Å². The van der Waals surface area contributed by atoms with E-state index in [0.29, 0.717) is 5.03 Å². The van der Waals surface area contributed by atoms with Gasteiger partial charge in [0.05, 0.1) is 0 Å². The molecule has 0 saturated heterocycles. The molecule has 13 heavy (non-hydrogen) atoms. The lowest BCUT2D eigenvalue weighted by Crippen LogP contribution is -2.21. The van der Waals surface area contributed by atoms with Crippen LogP contribution in [-0.4, -0.2) is 15.8 Å². The Balaban J connectivity index is 3.02. The van der Waals surface area contributed by atoms with Crippen molar-refractivity contribution in [2.75, 3.05) is 0 Å². The largest absolute Gasteiger partial charge is 0.480 e. The topological polar surface area (TPSA) is 37.3 Å².